The minimum Gasteiger partial charge on any atom is -0.493 e. The third-order valence-corrected chi connectivity index (χ3v) is 2.05. The summed E-state index contributed by atoms with van der Waals surface area (Å²) >= 11 is 0. The van der Waals surface area contributed by atoms with E-state index in [0.717, 1.165) is 0 Å². The van der Waals surface area contributed by atoms with Crippen LogP contribution in [0.5, 0.6) is 17.2 Å². The lowest BCUT2D eigenvalue weighted by molar-refractivity contribution is 0.378. The van der Waals surface area contributed by atoms with Gasteiger partial charge in [0.2, 0.25) is 0 Å². The molecule has 0 bridgehead atoms. The Hall–Kier alpha value is -2.23. The lowest BCUT2D eigenvalue weighted by Gasteiger charge is -2.10. The highest BCUT2D eigenvalue weighted by atomic mass is 16.5. The normalized spacial score (nSPS) is 9.81. The topological polar surface area (TPSA) is 57.4 Å². The zero-order valence-corrected chi connectivity index (χ0v) is 8.88. The van der Waals surface area contributed by atoms with Crippen molar-refractivity contribution < 1.29 is 9.47 Å². The fraction of sp³-hybridized carbons (Fsp3) is 0.0833. The molecule has 0 aliphatic carbocycles. The van der Waals surface area contributed by atoms with Gasteiger partial charge in [-0.05, 0) is 24.3 Å². The minimum atomic E-state index is 0.601. The molecule has 0 fully saturated rings. The van der Waals surface area contributed by atoms with Gasteiger partial charge in [0.15, 0.2) is 11.5 Å². The summed E-state index contributed by atoms with van der Waals surface area (Å²) in [7, 11) is 1.57. The molecule has 0 amide bonds. The molecular weight excluding hydrogens is 204 g/mol. The molecule has 16 heavy (non-hydrogen) atoms. The lowest BCUT2D eigenvalue weighted by Crippen LogP contribution is -1.92. The van der Waals surface area contributed by atoms with E-state index in [-0.39, 0.29) is 0 Å². The number of nitrogens with zero attached hydrogens (tertiary/aromatic N) is 1. The Balaban J connectivity index is 2.28. The van der Waals surface area contributed by atoms with E-state index in [1.54, 1.807) is 43.8 Å². The molecule has 2 N–H and O–H groups in total. The first-order chi connectivity index (χ1) is 7.79. The summed E-state index contributed by atoms with van der Waals surface area (Å²) in [5, 5.41) is 0. The minimum absolute atomic E-state index is 0.601. The molecule has 0 atom stereocenters. The van der Waals surface area contributed by atoms with Crippen LogP contribution in [0, 0.1) is 0 Å². The predicted octanol–water partition coefficient (Wildman–Crippen LogP) is 2.46. The number of aromatic nitrogens is 1. The van der Waals surface area contributed by atoms with Gasteiger partial charge in [-0.15, -0.1) is 0 Å². The van der Waals surface area contributed by atoms with Crippen LogP contribution < -0.4 is 15.2 Å². The molecule has 0 radical (unpaired) electrons. The number of benzene rings is 1. The maximum atomic E-state index is 5.65. The number of nitrogens with two attached hydrogens (primary N) is 1. The average molecular weight is 216 g/mol. The molecule has 0 saturated heterocycles. The Kier molecular flexibility index (Phi) is 2.91. The number of nitrogen functional groups attached to an aromatic ring is 1. The molecule has 1 heterocycles. The fourth-order valence-electron chi connectivity index (χ4n) is 1.30. The van der Waals surface area contributed by atoms with Crippen molar-refractivity contribution in [3.8, 4) is 17.2 Å². The lowest BCUT2D eigenvalue weighted by atomic mass is 10.3. The van der Waals surface area contributed by atoms with Gasteiger partial charge < -0.3 is 15.2 Å². The largest absolute Gasteiger partial charge is 0.493 e. The van der Waals surface area contributed by atoms with Gasteiger partial charge in [-0.2, -0.15) is 0 Å². The predicted molar refractivity (Wildman–Crippen MR) is 61.7 cm³/mol. The van der Waals surface area contributed by atoms with Crippen molar-refractivity contribution in [1.82, 2.24) is 4.98 Å². The van der Waals surface area contributed by atoms with Crippen molar-refractivity contribution in [1.29, 1.82) is 0 Å². The quantitative estimate of drug-likeness (QED) is 0.801. The Morgan fingerprint density at radius 1 is 1.19 bits per heavy atom. The van der Waals surface area contributed by atoms with Gasteiger partial charge in [0, 0.05) is 18.0 Å². The third kappa shape index (κ3) is 2.23. The van der Waals surface area contributed by atoms with Crippen molar-refractivity contribution in [2.24, 2.45) is 0 Å². The summed E-state index contributed by atoms with van der Waals surface area (Å²) in [6.45, 7) is 0. The van der Waals surface area contributed by atoms with E-state index in [0.29, 0.717) is 22.9 Å². The highest BCUT2D eigenvalue weighted by molar-refractivity contribution is 5.52. The first-order valence-electron chi connectivity index (χ1n) is 4.81. The summed E-state index contributed by atoms with van der Waals surface area (Å²) in [4.78, 5) is 3.96. The number of rotatable bonds is 3. The first kappa shape index (κ1) is 10.3. The van der Waals surface area contributed by atoms with Crippen LogP contribution in [0.2, 0.25) is 0 Å². The molecule has 0 aliphatic rings. The van der Waals surface area contributed by atoms with E-state index in [1.165, 1.54) is 0 Å². The van der Waals surface area contributed by atoms with Crippen molar-refractivity contribution in [3.63, 3.8) is 0 Å². The highest BCUT2D eigenvalue weighted by Gasteiger charge is 2.05. The smallest absolute Gasteiger partial charge is 0.169 e. The standard InChI is InChI=1S/C12H12N2O2/c1-15-12-7-9(13)4-5-11(12)16-10-3-2-6-14-8-10/h2-8H,13H2,1H3. The van der Waals surface area contributed by atoms with Crippen molar-refractivity contribution in [2.75, 3.05) is 12.8 Å². The second-order valence-corrected chi connectivity index (χ2v) is 3.20. The Bertz CT molecular complexity index is 472. The Morgan fingerprint density at radius 2 is 2.06 bits per heavy atom. The van der Waals surface area contributed by atoms with Crippen LogP contribution in [0.15, 0.2) is 42.7 Å². The molecular formula is C12H12N2O2. The van der Waals surface area contributed by atoms with Crippen LogP contribution in [-0.2, 0) is 0 Å². The second kappa shape index (κ2) is 4.53. The third-order valence-electron chi connectivity index (χ3n) is 2.05. The number of hydrogen-bond donors (Lipinski definition) is 1. The Morgan fingerprint density at radius 3 is 2.75 bits per heavy atom. The van der Waals surface area contributed by atoms with E-state index >= 15 is 0 Å². The molecule has 4 heteroatoms. The van der Waals surface area contributed by atoms with Gasteiger partial charge in [0.1, 0.15) is 5.75 Å². The van der Waals surface area contributed by atoms with Gasteiger partial charge in [-0.25, -0.2) is 0 Å². The zero-order chi connectivity index (χ0) is 11.4. The van der Waals surface area contributed by atoms with E-state index < -0.39 is 0 Å². The maximum absolute atomic E-state index is 5.65. The second-order valence-electron chi connectivity index (χ2n) is 3.20. The molecule has 82 valence electrons. The molecule has 1 aromatic carbocycles. The fourth-order valence-corrected chi connectivity index (χ4v) is 1.30. The molecule has 0 saturated carbocycles. The molecule has 4 nitrogen and oxygen atoms in total. The van der Waals surface area contributed by atoms with Crippen LogP contribution in [0.1, 0.15) is 0 Å². The first-order valence-corrected chi connectivity index (χ1v) is 4.81. The van der Waals surface area contributed by atoms with Crippen molar-refractivity contribution in [2.45, 2.75) is 0 Å². The molecule has 0 unspecified atom stereocenters. The van der Waals surface area contributed by atoms with Crippen LogP contribution in [-0.4, -0.2) is 12.1 Å². The number of hydrogen-bond acceptors (Lipinski definition) is 4. The summed E-state index contributed by atoms with van der Waals surface area (Å²) in [6, 6.07) is 8.86. The molecule has 0 aliphatic heterocycles. The molecule has 0 spiro atoms. The molecule has 2 aromatic rings. The van der Waals surface area contributed by atoms with Crippen LogP contribution in [0.4, 0.5) is 5.69 Å². The Labute approximate surface area is 93.6 Å². The van der Waals surface area contributed by atoms with Gasteiger partial charge in [0.05, 0.1) is 13.3 Å². The monoisotopic (exact) mass is 216 g/mol. The van der Waals surface area contributed by atoms with Crippen LogP contribution in [0.25, 0.3) is 0 Å². The van der Waals surface area contributed by atoms with Crippen molar-refractivity contribution in [3.05, 3.63) is 42.7 Å². The van der Waals surface area contributed by atoms with E-state index in [4.69, 9.17) is 15.2 Å². The number of methoxy groups -OCH3 is 1. The average Bonchev–Trinajstić information content (AvgIpc) is 2.33. The van der Waals surface area contributed by atoms with Crippen molar-refractivity contribution >= 4 is 5.69 Å². The molecule has 1 aromatic heterocycles. The maximum Gasteiger partial charge on any atom is 0.169 e. The highest BCUT2D eigenvalue weighted by Crippen LogP contribution is 2.32. The van der Waals surface area contributed by atoms with Gasteiger partial charge in [0.25, 0.3) is 0 Å². The summed E-state index contributed by atoms with van der Waals surface area (Å²) in [5.41, 5.74) is 6.28. The van der Waals surface area contributed by atoms with E-state index in [9.17, 15) is 0 Å². The van der Waals surface area contributed by atoms with Gasteiger partial charge in [-0.3, -0.25) is 4.98 Å². The van der Waals surface area contributed by atoms with Gasteiger partial charge >= 0.3 is 0 Å². The SMILES string of the molecule is COc1cc(N)ccc1Oc1cccnc1. The number of ether oxygens (including phenoxy) is 2. The summed E-state index contributed by atoms with van der Waals surface area (Å²) in [5.74, 6) is 1.87. The van der Waals surface area contributed by atoms with Crippen LogP contribution in [0.3, 0.4) is 0 Å². The summed E-state index contributed by atoms with van der Waals surface area (Å²) in [6.07, 6.45) is 3.32. The zero-order valence-electron chi connectivity index (χ0n) is 8.88. The molecule has 2 rings (SSSR count). The van der Waals surface area contributed by atoms with Crippen LogP contribution >= 0.6 is 0 Å². The number of anilines is 1. The number of pyridine rings is 1. The summed E-state index contributed by atoms with van der Waals surface area (Å²) < 4.78 is 10.8. The van der Waals surface area contributed by atoms with E-state index in [1.807, 2.05) is 6.07 Å². The van der Waals surface area contributed by atoms with E-state index in [2.05, 4.69) is 4.98 Å². The van der Waals surface area contributed by atoms with Gasteiger partial charge in [-0.1, -0.05) is 0 Å².